The van der Waals surface area contributed by atoms with Gasteiger partial charge in [-0.25, -0.2) is 0 Å². The van der Waals surface area contributed by atoms with E-state index in [9.17, 15) is 14.9 Å². The van der Waals surface area contributed by atoms with E-state index in [0.717, 1.165) is 10.9 Å². The Hall–Kier alpha value is -2.66. The zero-order valence-corrected chi connectivity index (χ0v) is 11.4. The van der Waals surface area contributed by atoms with Gasteiger partial charge in [0.05, 0.1) is 4.92 Å². The summed E-state index contributed by atoms with van der Waals surface area (Å²) in [5.41, 5.74) is 1.38. The Morgan fingerprint density at radius 1 is 1.19 bits per heavy atom. The van der Waals surface area contributed by atoms with Crippen molar-refractivity contribution in [3.05, 3.63) is 74.9 Å². The van der Waals surface area contributed by atoms with Crippen molar-refractivity contribution in [3.8, 4) is 0 Å². The maximum absolute atomic E-state index is 12.5. The van der Waals surface area contributed by atoms with Gasteiger partial charge in [-0.3, -0.25) is 14.9 Å². The van der Waals surface area contributed by atoms with Gasteiger partial charge in [-0.1, -0.05) is 29.8 Å². The monoisotopic (exact) mass is 300 g/mol. The molecule has 3 aromatic rings. The highest BCUT2D eigenvalue weighted by Crippen LogP contribution is 2.25. The van der Waals surface area contributed by atoms with E-state index in [0.29, 0.717) is 10.6 Å². The lowest BCUT2D eigenvalue weighted by atomic mass is 10.0. The van der Waals surface area contributed by atoms with Gasteiger partial charge >= 0.3 is 0 Å². The first-order valence-corrected chi connectivity index (χ1v) is 6.50. The lowest BCUT2D eigenvalue weighted by Gasteiger charge is -2.00. The number of nitrogens with one attached hydrogen (secondary N) is 1. The van der Waals surface area contributed by atoms with Crippen LogP contribution in [0.1, 0.15) is 15.9 Å². The van der Waals surface area contributed by atoms with Gasteiger partial charge in [0.15, 0.2) is 5.78 Å². The van der Waals surface area contributed by atoms with Crippen molar-refractivity contribution in [2.24, 2.45) is 0 Å². The number of hydrogen-bond donors (Lipinski definition) is 1. The van der Waals surface area contributed by atoms with Crippen molar-refractivity contribution in [1.29, 1.82) is 0 Å². The number of nitrogens with zero attached hydrogens (tertiary/aromatic N) is 1. The number of non-ortho nitro benzene ring substituents is 1. The zero-order valence-electron chi connectivity index (χ0n) is 10.7. The molecule has 0 aliphatic carbocycles. The van der Waals surface area contributed by atoms with Crippen molar-refractivity contribution in [3.63, 3.8) is 0 Å². The van der Waals surface area contributed by atoms with E-state index < -0.39 is 4.92 Å². The number of carbonyl (C=O) groups excluding carboxylic acids is 1. The van der Waals surface area contributed by atoms with Crippen LogP contribution in [0.25, 0.3) is 10.9 Å². The molecule has 1 N–H and O–H groups in total. The number of aromatic amines is 1. The summed E-state index contributed by atoms with van der Waals surface area (Å²) in [7, 11) is 0. The van der Waals surface area contributed by atoms with Gasteiger partial charge in [0.1, 0.15) is 0 Å². The van der Waals surface area contributed by atoms with Crippen LogP contribution >= 0.6 is 11.6 Å². The topological polar surface area (TPSA) is 76.0 Å². The maximum atomic E-state index is 12.5. The van der Waals surface area contributed by atoms with Gasteiger partial charge in [0, 0.05) is 45.4 Å². The summed E-state index contributed by atoms with van der Waals surface area (Å²) in [6.07, 6.45) is 1.59. The normalized spacial score (nSPS) is 10.7. The number of benzene rings is 2. The summed E-state index contributed by atoms with van der Waals surface area (Å²) in [5, 5.41) is 12.1. The molecule has 0 aliphatic rings. The highest BCUT2D eigenvalue weighted by atomic mass is 35.5. The number of carbonyl (C=O) groups is 1. The molecule has 0 radical (unpaired) electrons. The second-order valence-electron chi connectivity index (χ2n) is 4.53. The van der Waals surface area contributed by atoms with Gasteiger partial charge in [-0.15, -0.1) is 0 Å². The van der Waals surface area contributed by atoms with Gasteiger partial charge in [-0.2, -0.15) is 0 Å². The molecule has 0 atom stereocenters. The summed E-state index contributed by atoms with van der Waals surface area (Å²) < 4.78 is 0. The SMILES string of the molecule is O=C(c1cccc([N+](=O)[O-])c1)c1c[nH]c2cc(Cl)ccc12. The predicted molar refractivity (Wildman–Crippen MR) is 79.8 cm³/mol. The summed E-state index contributed by atoms with van der Waals surface area (Å²) in [6.45, 7) is 0. The average Bonchev–Trinajstić information content (AvgIpc) is 2.89. The molecule has 0 saturated heterocycles. The standard InChI is InChI=1S/C15H9ClN2O3/c16-10-4-5-12-13(8-17-14(12)7-10)15(19)9-2-1-3-11(6-9)18(20)21/h1-8,17H. The van der Waals surface area contributed by atoms with Crippen LogP contribution in [0.5, 0.6) is 0 Å². The molecule has 0 fully saturated rings. The van der Waals surface area contributed by atoms with E-state index >= 15 is 0 Å². The minimum absolute atomic E-state index is 0.108. The first-order chi connectivity index (χ1) is 10.1. The molecule has 2 aromatic carbocycles. The van der Waals surface area contributed by atoms with Crippen LogP contribution < -0.4 is 0 Å². The Morgan fingerprint density at radius 2 is 2.00 bits per heavy atom. The summed E-state index contributed by atoms with van der Waals surface area (Å²) >= 11 is 5.90. The van der Waals surface area contributed by atoms with E-state index in [4.69, 9.17) is 11.6 Å². The Kier molecular flexibility index (Phi) is 3.19. The molecule has 0 saturated carbocycles. The third-order valence-electron chi connectivity index (χ3n) is 3.21. The van der Waals surface area contributed by atoms with E-state index in [1.165, 1.54) is 18.2 Å². The van der Waals surface area contributed by atoms with Crippen molar-refractivity contribution < 1.29 is 9.72 Å². The molecule has 0 spiro atoms. The quantitative estimate of drug-likeness (QED) is 0.452. The van der Waals surface area contributed by atoms with Crippen LogP contribution in [-0.4, -0.2) is 15.7 Å². The number of rotatable bonds is 3. The van der Waals surface area contributed by atoms with Crippen molar-refractivity contribution in [1.82, 2.24) is 4.98 Å². The molecule has 0 amide bonds. The number of ketones is 1. The highest BCUT2D eigenvalue weighted by Gasteiger charge is 2.16. The number of aromatic nitrogens is 1. The number of fused-ring (bicyclic) bond motifs is 1. The maximum Gasteiger partial charge on any atom is 0.270 e. The molecule has 0 bridgehead atoms. The lowest BCUT2D eigenvalue weighted by Crippen LogP contribution is -2.01. The Balaban J connectivity index is 2.08. The molecule has 1 aromatic heterocycles. The van der Waals surface area contributed by atoms with Crippen LogP contribution in [0.15, 0.2) is 48.7 Å². The van der Waals surface area contributed by atoms with Crippen LogP contribution in [0, 0.1) is 10.1 Å². The first kappa shape index (κ1) is 13.3. The third kappa shape index (κ3) is 2.39. The fourth-order valence-corrected chi connectivity index (χ4v) is 2.37. The Labute approximate surface area is 124 Å². The van der Waals surface area contributed by atoms with Gasteiger partial charge < -0.3 is 4.98 Å². The number of H-pyrrole nitrogens is 1. The molecular formula is C15H9ClN2O3. The summed E-state index contributed by atoms with van der Waals surface area (Å²) in [5.74, 6) is -0.271. The van der Waals surface area contributed by atoms with Gasteiger partial charge in [-0.05, 0) is 12.1 Å². The lowest BCUT2D eigenvalue weighted by molar-refractivity contribution is -0.384. The molecule has 104 valence electrons. The fraction of sp³-hybridized carbons (Fsp3) is 0. The Bertz CT molecular complexity index is 870. The van der Waals surface area contributed by atoms with E-state index in [1.54, 1.807) is 30.5 Å². The predicted octanol–water partition coefficient (Wildman–Crippen LogP) is 3.96. The number of nitro benzene ring substituents is 1. The number of hydrogen-bond acceptors (Lipinski definition) is 3. The fourth-order valence-electron chi connectivity index (χ4n) is 2.20. The van der Waals surface area contributed by atoms with E-state index in [2.05, 4.69) is 4.98 Å². The summed E-state index contributed by atoms with van der Waals surface area (Å²) in [6, 6.07) is 10.9. The third-order valence-corrected chi connectivity index (χ3v) is 3.44. The Morgan fingerprint density at radius 3 is 2.76 bits per heavy atom. The molecule has 0 aliphatic heterocycles. The van der Waals surface area contributed by atoms with E-state index in [-0.39, 0.29) is 17.0 Å². The van der Waals surface area contributed by atoms with Crippen LogP contribution in [0.3, 0.4) is 0 Å². The number of nitro groups is 1. The van der Waals surface area contributed by atoms with Crippen LogP contribution in [0.4, 0.5) is 5.69 Å². The molecule has 6 heteroatoms. The van der Waals surface area contributed by atoms with Gasteiger partial charge in [0.2, 0.25) is 0 Å². The molecule has 21 heavy (non-hydrogen) atoms. The molecular weight excluding hydrogens is 292 g/mol. The van der Waals surface area contributed by atoms with Crippen molar-refractivity contribution in [2.45, 2.75) is 0 Å². The molecule has 3 rings (SSSR count). The second-order valence-corrected chi connectivity index (χ2v) is 4.97. The largest absolute Gasteiger partial charge is 0.360 e. The highest BCUT2D eigenvalue weighted by molar-refractivity contribution is 6.31. The molecule has 5 nitrogen and oxygen atoms in total. The van der Waals surface area contributed by atoms with E-state index in [1.807, 2.05) is 0 Å². The second kappa shape index (κ2) is 5.03. The van der Waals surface area contributed by atoms with Crippen molar-refractivity contribution in [2.75, 3.05) is 0 Å². The zero-order chi connectivity index (χ0) is 15.0. The number of halogens is 1. The van der Waals surface area contributed by atoms with Crippen LogP contribution in [0.2, 0.25) is 5.02 Å². The minimum atomic E-state index is -0.522. The molecule has 1 heterocycles. The first-order valence-electron chi connectivity index (χ1n) is 6.12. The summed E-state index contributed by atoms with van der Waals surface area (Å²) in [4.78, 5) is 25.7. The average molecular weight is 301 g/mol. The van der Waals surface area contributed by atoms with Gasteiger partial charge in [0.25, 0.3) is 5.69 Å². The minimum Gasteiger partial charge on any atom is -0.360 e. The van der Waals surface area contributed by atoms with Crippen molar-refractivity contribution >= 4 is 34.0 Å². The van der Waals surface area contributed by atoms with Crippen LogP contribution in [-0.2, 0) is 0 Å². The smallest absolute Gasteiger partial charge is 0.270 e. The molecule has 0 unspecified atom stereocenters.